The highest BCUT2D eigenvalue weighted by atomic mass is 16.4. The summed E-state index contributed by atoms with van der Waals surface area (Å²) >= 11 is 0. The number of hydrogen-bond donors (Lipinski definition) is 5. The smallest absolute Gasteiger partial charge is 0.317 e. The molecule has 1 amide bonds. The number of carboxylic acids is 3. The van der Waals surface area contributed by atoms with Gasteiger partial charge in [-0.05, 0) is 0 Å². The van der Waals surface area contributed by atoms with Gasteiger partial charge < -0.3 is 26.4 Å². The van der Waals surface area contributed by atoms with Crippen molar-refractivity contribution in [2.75, 3.05) is 85.2 Å². The molecule has 1 rings (SSSR count). The second kappa shape index (κ2) is 13.8. The first kappa shape index (κ1) is 25.7. The molecule has 0 aromatic heterocycles. The van der Waals surface area contributed by atoms with E-state index in [4.69, 9.17) is 21.1 Å². The standard InChI is InChI=1S/C17H32N6O7/c18-9-14(24)19-13-23-7-5-21(11-16(27)28)3-1-20(10-15(25)26)2-4-22(6-8-23)12-17(29)30/h1-13,18H2,(H,19,24)(H,25,26)(H,27,28)(H,29,30). The van der Waals surface area contributed by atoms with Crippen LogP contribution < -0.4 is 11.1 Å². The lowest BCUT2D eigenvalue weighted by Gasteiger charge is -2.33. The summed E-state index contributed by atoms with van der Waals surface area (Å²) < 4.78 is 0. The third-order valence-corrected chi connectivity index (χ3v) is 4.69. The van der Waals surface area contributed by atoms with E-state index in [1.54, 1.807) is 14.7 Å². The van der Waals surface area contributed by atoms with Crippen molar-refractivity contribution in [1.82, 2.24) is 24.9 Å². The Labute approximate surface area is 175 Å². The molecule has 30 heavy (non-hydrogen) atoms. The molecule has 172 valence electrons. The van der Waals surface area contributed by atoms with Crippen LogP contribution in [0.2, 0.25) is 0 Å². The van der Waals surface area contributed by atoms with Gasteiger partial charge in [0.25, 0.3) is 0 Å². The fraction of sp³-hybridized carbons (Fsp3) is 0.765. The Bertz CT molecular complexity index is 559. The van der Waals surface area contributed by atoms with Crippen LogP contribution in [0.5, 0.6) is 0 Å². The number of nitrogens with zero attached hydrogens (tertiary/aromatic N) is 4. The number of rotatable bonds is 9. The van der Waals surface area contributed by atoms with Crippen molar-refractivity contribution in [3.63, 3.8) is 0 Å². The van der Waals surface area contributed by atoms with Crippen molar-refractivity contribution in [2.45, 2.75) is 0 Å². The van der Waals surface area contributed by atoms with E-state index in [0.717, 1.165) is 0 Å². The molecule has 1 heterocycles. The van der Waals surface area contributed by atoms with E-state index in [0.29, 0.717) is 52.4 Å². The Kier molecular flexibility index (Phi) is 11.8. The minimum atomic E-state index is -1.00. The lowest BCUT2D eigenvalue weighted by Crippen LogP contribution is -2.50. The minimum Gasteiger partial charge on any atom is -0.480 e. The minimum absolute atomic E-state index is 0.149. The lowest BCUT2D eigenvalue weighted by molar-refractivity contribution is -0.140. The van der Waals surface area contributed by atoms with Crippen LogP contribution in [0.3, 0.4) is 0 Å². The molecule has 0 aromatic rings. The van der Waals surface area contributed by atoms with Crippen molar-refractivity contribution in [3.8, 4) is 0 Å². The van der Waals surface area contributed by atoms with Gasteiger partial charge in [0, 0.05) is 52.4 Å². The maximum atomic E-state index is 11.5. The van der Waals surface area contributed by atoms with Crippen LogP contribution in [0.4, 0.5) is 0 Å². The fourth-order valence-electron chi connectivity index (χ4n) is 3.06. The van der Waals surface area contributed by atoms with Crippen LogP contribution in [0.15, 0.2) is 0 Å². The first-order valence-electron chi connectivity index (χ1n) is 9.71. The number of carbonyl (C=O) groups is 4. The number of carboxylic acid groups (broad SMARTS) is 3. The molecule has 13 nitrogen and oxygen atoms in total. The zero-order valence-corrected chi connectivity index (χ0v) is 17.0. The highest BCUT2D eigenvalue weighted by Gasteiger charge is 2.20. The first-order chi connectivity index (χ1) is 14.2. The summed E-state index contributed by atoms with van der Waals surface area (Å²) in [5.74, 6) is -3.29. The maximum absolute atomic E-state index is 11.5. The fourth-order valence-corrected chi connectivity index (χ4v) is 3.06. The van der Waals surface area contributed by atoms with E-state index in [1.165, 1.54) is 0 Å². The van der Waals surface area contributed by atoms with Gasteiger partial charge in [0.2, 0.25) is 5.91 Å². The quantitative estimate of drug-likeness (QED) is 0.243. The third kappa shape index (κ3) is 11.6. The molecule has 0 bridgehead atoms. The lowest BCUT2D eigenvalue weighted by atomic mass is 10.3. The molecular weight excluding hydrogens is 400 g/mol. The van der Waals surface area contributed by atoms with Crippen molar-refractivity contribution in [1.29, 1.82) is 0 Å². The number of aliphatic carboxylic acids is 3. The van der Waals surface area contributed by atoms with E-state index >= 15 is 0 Å². The van der Waals surface area contributed by atoms with Crippen LogP contribution in [-0.4, -0.2) is 144 Å². The Morgan fingerprint density at radius 1 is 0.633 bits per heavy atom. The van der Waals surface area contributed by atoms with Gasteiger partial charge in [-0.3, -0.25) is 38.8 Å². The first-order valence-corrected chi connectivity index (χ1v) is 9.71. The predicted molar refractivity (Wildman–Crippen MR) is 106 cm³/mol. The average Bonchev–Trinajstić information content (AvgIpc) is 2.65. The monoisotopic (exact) mass is 432 g/mol. The van der Waals surface area contributed by atoms with Crippen molar-refractivity contribution < 1.29 is 34.5 Å². The summed E-state index contributed by atoms with van der Waals surface area (Å²) in [4.78, 5) is 52.0. The molecule has 13 heteroatoms. The Morgan fingerprint density at radius 3 is 1.20 bits per heavy atom. The number of amides is 1. The number of nitrogens with one attached hydrogen (secondary N) is 1. The molecule has 0 aromatic carbocycles. The van der Waals surface area contributed by atoms with Gasteiger partial charge in [-0.15, -0.1) is 0 Å². The van der Waals surface area contributed by atoms with Crippen LogP contribution in [-0.2, 0) is 19.2 Å². The SMILES string of the molecule is NCC(=O)NCN1CCN(CC(=O)O)CCN(CC(=O)O)CCN(CC(=O)O)CC1. The molecule has 1 aliphatic heterocycles. The van der Waals surface area contributed by atoms with Crippen LogP contribution in [0, 0.1) is 0 Å². The van der Waals surface area contributed by atoms with E-state index in [-0.39, 0.29) is 38.8 Å². The van der Waals surface area contributed by atoms with E-state index < -0.39 is 17.9 Å². The number of hydrogen-bond acceptors (Lipinski definition) is 9. The summed E-state index contributed by atoms with van der Waals surface area (Å²) in [5, 5.41) is 30.1. The second-order valence-corrected chi connectivity index (χ2v) is 7.09. The van der Waals surface area contributed by atoms with E-state index in [1.807, 2.05) is 4.90 Å². The predicted octanol–water partition coefficient (Wildman–Crippen LogP) is -3.51. The molecule has 6 N–H and O–H groups in total. The summed E-state index contributed by atoms with van der Waals surface area (Å²) in [6, 6.07) is 0. The highest BCUT2D eigenvalue weighted by molar-refractivity contribution is 5.77. The van der Waals surface area contributed by atoms with Gasteiger partial charge in [-0.1, -0.05) is 0 Å². The second-order valence-electron chi connectivity index (χ2n) is 7.09. The van der Waals surface area contributed by atoms with Crippen LogP contribution in [0.25, 0.3) is 0 Å². The van der Waals surface area contributed by atoms with Crippen LogP contribution >= 0.6 is 0 Å². The third-order valence-electron chi connectivity index (χ3n) is 4.69. The average molecular weight is 432 g/mol. The molecular formula is C17H32N6O7. The maximum Gasteiger partial charge on any atom is 0.317 e. The number of nitrogens with two attached hydrogens (primary N) is 1. The largest absolute Gasteiger partial charge is 0.480 e. The Hall–Kier alpha value is -2.32. The summed E-state index contributed by atoms with van der Waals surface area (Å²) in [6.07, 6.45) is 0. The topological polar surface area (TPSA) is 180 Å². The van der Waals surface area contributed by atoms with Crippen molar-refractivity contribution in [3.05, 3.63) is 0 Å². The van der Waals surface area contributed by atoms with Gasteiger partial charge in [0.1, 0.15) is 0 Å². The van der Waals surface area contributed by atoms with Crippen molar-refractivity contribution in [2.24, 2.45) is 5.73 Å². The Morgan fingerprint density at radius 2 is 0.933 bits per heavy atom. The molecule has 0 spiro atoms. The molecule has 0 atom stereocenters. The van der Waals surface area contributed by atoms with Crippen molar-refractivity contribution >= 4 is 23.8 Å². The molecule has 0 saturated carbocycles. The molecule has 0 aliphatic carbocycles. The van der Waals surface area contributed by atoms with Crippen LogP contribution in [0.1, 0.15) is 0 Å². The Balaban J connectivity index is 2.89. The molecule has 1 fully saturated rings. The van der Waals surface area contributed by atoms with Gasteiger partial charge in [0.05, 0.1) is 32.8 Å². The van der Waals surface area contributed by atoms with Gasteiger partial charge in [0.15, 0.2) is 0 Å². The highest BCUT2D eigenvalue weighted by Crippen LogP contribution is 2.01. The van der Waals surface area contributed by atoms with Gasteiger partial charge in [-0.25, -0.2) is 0 Å². The summed E-state index contributed by atoms with van der Waals surface area (Å²) in [5.41, 5.74) is 5.30. The zero-order chi connectivity index (χ0) is 22.5. The molecule has 0 unspecified atom stereocenters. The van der Waals surface area contributed by atoms with E-state index in [9.17, 15) is 19.2 Å². The van der Waals surface area contributed by atoms with E-state index in [2.05, 4.69) is 5.32 Å². The molecule has 1 saturated heterocycles. The summed E-state index contributed by atoms with van der Waals surface area (Å²) in [7, 11) is 0. The van der Waals surface area contributed by atoms with Gasteiger partial charge in [-0.2, -0.15) is 0 Å². The molecule has 1 aliphatic rings. The summed E-state index contributed by atoms with van der Waals surface area (Å²) in [6.45, 7) is 2.53. The normalized spacial score (nSPS) is 18.8. The zero-order valence-electron chi connectivity index (χ0n) is 17.0. The van der Waals surface area contributed by atoms with Gasteiger partial charge >= 0.3 is 17.9 Å². The molecule has 0 radical (unpaired) electrons. The number of carbonyl (C=O) groups excluding carboxylic acids is 1.